The van der Waals surface area contributed by atoms with Gasteiger partial charge in [0.15, 0.2) is 5.82 Å². The van der Waals surface area contributed by atoms with Gasteiger partial charge in [-0.25, -0.2) is 4.68 Å². The first kappa shape index (κ1) is 10.7. The van der Waals surface area contributed by atoms with Gasteiger partial charge in [-0.1, -0.05) is 0 Å². The number of fused-ring (bicyclic) bond motifs is 1. The van der Waals surface area contributed by atoms with Crippen LogP contribution in [0.4, 0.5) is 5.95 Å². The first-order valence-electron chi connectivity index (χ1n) is 5.63. The largest absolute Gasteiger partial charge is 0.388 e. The Morgan fingerprint density at radius 3 is 3.24 bits per heavy atom. The lowest BCUT2D eigenvalue weighted by Gasteiger charge is -2.24. The van der Waals surface area contributed by atoms with Gasteiger partial charge in [0, 0.05) is 11.4 Å². The normalized spacial score (nSPS) is 18.8. The van der Waals surface area contributed by atoms with Crippen molar-refractivity contribution in [1.82, 2.24) is 14.8 Å². The number of aryl methyl sites for hydroxylation is 1. The number of hydrogen-bond acceptors (Lipinski definition) is 5. The zero-order chi connectivity index (χ0) is 11.8. The van der Waals surface area contributed by atoms with Crippen LogP contribution >= 0.6 is 11.3 Å². The molecular weight excluding hydrogens is 236 g/mol. The van der Waals surface area contributed by atoms with E-state index in [0.717, 1.165) is 18.9 Å². The Labute approximate surface area is 103 Å². The molecule has 6 heteroatoms. The molecule has 1 aliphatic heterocycles. The number of anilines is 1. The number of aliphatic hydroxyl groups excluding tert-OH is 1. The fourth-order valence-corrected chi connectivity index (χ4v) is 3.23. The average molecular weight is 250 g/mol. The molecule has 90 valence electrons. The molecule has 2 aromatic heterocycles. The van der Waals surface area contributed by atoms with Crippen molar-refractivity contribution in [2.24, 2.45) is 0 Å². The summed E-state index contributed by atoms with van der Waals surface area (Å²) in [6.45, 7) is 2.90. The molecule has 1 atom stereocenters. The van der Waals surface area contributed by atoms with E-state index in [1.165, 1.54) is 10.4 Å². The molecule has 0 spiro atoms. The van der Waals surface area contributed by atoms with Crippen LogP contribution in [0.15, 0.2) is 11.4 Å². The molecule has 0 radical (unpaired) electrons. The molecule has 5 nitrogen and oxygen atoms in total. The van der Waals surface area contributed by atoms with Crippen molar-refractivity contribution in [2.45, 2.75) is 26.0 Å². The fourth-order valence-electron chi connectivity index (χ4n) is 2.18. The SMILES string of the molecule is Cc1ccsc1C1CCNc2nc(CO)nn21. The molecule has 0 saturated heterocycles. The summed E-state index contributed by atoms with van der Waals surface area (Å²) in [6.07, 6.45) is 1.00. The van der Waals surface area contributed by atoms with Crippen LogP contribution in [-0.2, 0) is 6.61 Å². The van der Waals surface area contributed by atoms with Crippen LogP contribution in [0.5, 0.6) is 0 Å². The van der Waals surface area contributed by atoms with Crippen LogP contribution in [0.25, 0.3) is 0 Å². The van der Waals surface area contributed by atoms with Gasteiger partial charge < -0.3 is 10.4 Å². The second kappa shape index (κ2) is 4.12. The Balaban J connectivity index is 2.04. The molecule has 3 rings (SSSR count). The van der Waals surface area contributed by atoms with E-state index in [9.17, 15) is 0 Å². The minimum Gasteiger partial charge on any atom is -0.388 e. The molecule has 2 aromatic rings. The van der Waals surface area contributed by atoms with E-state index >= 15 is 0 Å². The van der Waals surface area contributed by atoms with Crippen molar-refractivity contribution in [2.75, 3.05) is 11.9 Å². The number of thiophene rings is 1. The Kier molecular flexibility index (Phi) is 2.60. The quantitative estimate of drug-likeness (QED) is 0.848. The molecule has 0 saturated carbocycles. The van der Waals surface area contributed by atoms with Gasteiger partial charge in [-0.15, -0.1) is 11.3 Å². The van der Waals surface area contributed by atoms with E-state index in [0.29, 0.717) is 5.82 Å². The lowest BCUT2D eigenvalue weighted by atomic mass is 10.1. The number of nitrogens with one attached hydrogen (secondary N) is 1. The summed E-state index contributed by atoms with van der Waals surface area (Å²) < 4.78 is 1.90. The first-order valence-corrected chi connectivity index (χ1v) is 6.51. The van der Waals surface area contributed by atoms with Gasteiger partial charge in [-0.3, -0.25) is 0 Å². The highest BCUT2D eigenvalue weighted by Gasteiger charge is 2.26. The molecule has 1 unspecified atom stereocenters. The monoisotopic (exact) mass is 250 g/mol. The maximum absolute atomic E-state index is 9.09. The first-order chi connectivity index (χ1) is 8.29. The molecular formula is C11H14N4OS. The highest BCUT2D eigenvalue weighted by atomic mass is 32.1. The highest BCUT2D eigenvalue weighted by molar-refractivity contribution is 7.10. The van der Waals surface area contributed by atoms with Crippen molar-refractivity contribution in [3.8, 4) is 0 Å². The third kappa shape index (κ3) is 1.73. The lowest BCUT2D eigenvalue weighted by Crippen LogP contribution is -2.24. The molecule has 0 bridgehead atoms. The minimum atomic E-state index is -0.113. The summed E-state index contributed by atoms with van der Waals surface area (Å²) in [6, 6.07) is 2.38. The molecule has 3 heterocycles. The lowest BCUT2D eigenvalue weighted by molar-refractivity contribution is 0.270. The van der Waals surface area contributed by atoms with Gasteiger partial charge in [0.2, 0.25) is 5.95 Å². The molecule has 0 fully saturated rings. The minimum absolute atomic E-state index is 0.113. The predicted octanol–water partition coefficient (Wildman–Crippen LogP) is 1.55. The van der Waals surface area contributed by atoms with E-state index in [-0.39, 0.29) is 12.6 Å². The van der Waals surface area contributed by atoms with Crippen molar-refractivity contribution >= 4 is 17.3 Å². The van der Waals surface area contributed by atoms with Crippen LogP contribution in [0, 0.1) is 6.92 Å². The summed E-state index contributed by atoms with van der Waals surface area (Å²) in [5.74, 6) is 1.24. The fraction of sp³-hybridized carbons (Fsp3) is 0.455. The smallest absolute Gasteiger partial charge is 0.222 e. The van der Waals surface area contributed by atoms with E-state index in [4.69, 9.17) is 5.11 Å². The maximum atomic E-state index is 9.09. The number of hydrogen-bond donors (Lipinski definition) is 2. The zero-order valence-corrected chi connectivity index (χ0v) is 10.4. The second-order valence-electron chi connectivity index (χ2n) is 4.15. The van der Waals surface area contributed by atoms with Gasteiger partial charge in [0.25, 0.3) is 0 Å². The molecule has 0 aromatic carbocycles. The number of nitrogens with zero attached hydrogens (tertiary/aromatic N) is 3. The molecule has 1 aliphatic rings. The zero-order valence-electron chi connectivity index (χ0n) is 9.55. The van der Waals surface area contributed by atoms with E-state index in [1.807, 2.05) is 4.68 Å². The van der Waals surface area contributed by atoms with Crippen molar-refractivity contribution in [3.05, 3.63) is 27.7 Å². The van der Waals surface area contributed by atoms with Gasteiger partial charge in [0.05, 0.1) is 6.04 Å². The molecule has 0 amide bonds. The van der Waals surface area contributed by atoms with E-state index in [2.05, 4.69) is 33.8 Å². The number of rotatable bonds is 2. The maximum Gasteiger partial charge on any atom is 0.222 e. The third-order valence-corrected chi connectivity index (χ3v) is 4.14. The van der Waals surface area contributed by atoms with E-state index in [1.54, 1.807) is 11.3 Å². The Hall–Kier alpha value is -1.40. The van der Waals surface area contributed by atoms with Gasteiger partial charge in [0.1, 0.15) is 6.61 Å². The van der Waals surface area contributed by atoms with Crippen LogP contribution in [0.3, 0.4) is 0 Å². The molecule has 17 heavy (non-hydrogen) atoms. The Morgan fingerprint density at radius 1 is 1.65 bits per heavy atom. The summed E-state index contributed by atoms with van der Waals surface area (Å²) in [5.41, 5.74) is 1.30. The van der Waals surface area contributed by atoms with Crippen molar-refractivity contribution < 1.29 is 5.11 Å². The molecule has 0 aliphatic carbocycles. The van der Waals surface area contributed by atoms with Gasteiger partial charge >= 0.3 is 0 Å². The topological polar surface area (TPSA) is 63.0 Å². The van der Waals surface area contributed by atoms with E-state index < -0.39 is 0 Å². The predicted molar refractivity (Wildman–Crippen MR) is 66.2 cm³/mol. The van der Waals surface area contributed by atoms with Gasteiger partial charge in [-0.05, 0) is 30.4 Å². The summed E-state index contributed by atoms with van der Waals surface area (Å²) in [7, 11) is 0. The Bertz CT molecular complexity index is 533. The second-order valence-corrected chi connectivity index (χ2v) is 5.10. The van der Waals surface area contributed by atoms with Crippen LogP contribution in [-0.4, -0.2) is 26.4 Å². The molecule has 2 N–H and O–H groups in total. The van der Waals surface area contributed by atoms with Gasteiger partial charge in [-0.2, -0.15) is 10.1 Å². The number of aromatic nitrogens is 3. The van der Waals surface area contributed by atoms with Crippen LogP contribution < -0.4 is 5.32 Å². The summed E-state index contributed by atoms with van der Waals surface area (Å²) >= 11 is 1.76. The Morgan fingerprint density at radius 2 is 2.53 bits per heavy atom. The van der Waals surface area contributed by atoms with Crippen molar-refractivity contribution in [1.29, 1.82) is 0 Å². The summed E-state index contributed by atoms with van der Waals surface area (Å²) in [5, 5.41) is 18.8. The highest BCUT2D eigenvalue weighted by Crippen LogP contribution is 2.33. The summed E-state index contributed by atoms with van der Waals surface area (Å²) in [4.78, 5) is 5.59. The third-order valence-electron chi connectivity index (χ3n) is 3.02. The average Bonchev–Trinajstić information content (AvgIpc) is 2.93. The van der Waals surface area contributed by atoms with Crippen molar-refractivity contribution in [3.63, 3.8) is 0 Å². The standard InChI is InChI=1S/C11H14N4OS/c1-7-3-5-17-10(7)8-2-4-12-11-13-9(6-16)14-15(8)11/h3,5,8,16H,2,4,6H2,1H3,(H,12,13,14). The van der Waals surface area contributed by atoms with Crippen LogP contribution in [0.2, 0.25) is 0 Å². The number of aliphatic hydroxyl groups is 1. The van der Waals surface area contributed by atoms with Crippen LogP contribution in [0.1, 0.15) is 28.7 Å².